The van der Waals surface area contributed by atoms with E-state index in [0.717, 1.165) is 19.3 Å². The average Bonchev–Trinajstić information content (AvgIpc) is 2.03. The van der Waals surface area contributed by atoms with E-state index in [1.807, 2.05) is 0 Å². The van der Waals surface area contributed by atoms with Crippen LogP contribution in [0.15, 0.2) is 0 Å². The molecule has 0 radical (unpaired) electrons. The van der Waals surface area contributed by atoms with Crippen LogP contribution in [0.4, 0.5) is 0 Å². The zero-order valence-electron chi connectivity index (χ0n) is 8.13. The van der Waals surface area contributed by atoms with E-state index in [0.29, 0.717) is 6.61 Å². The Labute approximate surface area is 74.0 Å². The molecule has 3 nitrogen and oxygen atoms in total. The number of carbonyl (C=O) groups excluding carboxylic acids is 1. The first kappa shape index (κ1) is 11.4. The van der Waals surface area contributed by atoms with Crippen molar-refractivity contribution in [2.45, 2.75) is 40.0 Å². The summed E-state index contributed by atoms with van der Waals surface area (Å²) in [5.74, 6) is -0.414. The summed E-state index contributed by atoms with van der Waals surface area (Å²) < 4.78 is 0. The van der Waals surface area contributed by atoms with Gasteiger partial charge in [0.15, 0.2) is 0 Å². The van der Waals surface area contributed by atoms with Crippen LogP contribution < -0.4 is 0 Å². The van der Waals surface area contributed by atoms with Crippen LogP contribution in [0.3, 0.4) is 0 Å². The Morgan fingerprint density at radius 1 is 1.33 bits per heavy atom. The Hall–Kier alpha value is -0.570. The van der Waals surface area contributed by atoms with Crippen LogP contribution in [0.25, 0.3) is 0 Å². The van der Waals surface area contributed by atoms with Crippen LogP contribution in [0.5, 0.6) is 0 Å². The monoisotopic (exact) mass is 174 g/mol. The third-order valence-electron chi connectivity index (χ3n) is 1.44. The number of rotatable bonds is 6. The molecule has 0 saturated carbocycles. The summed E-state index contributed by atoms with van der Waals surface area (Å²) in [5, 5.41) is 0. The SMILES string of the molecule is CCCCCOOC(=O)C(C)C. The maximum Gasteiger partial charge on any atom is 0.344 e. The minimum Gasteiger partial charge on any atom is -0.298 e. The summed E-state index contributed by atoms with van der Waals surface area (Å²) in [4.78, 5) is 20.0. The van der Waals surface area contributed by atoms with Crippen molar-refractivity contribution in [3.8, 4) is 0 Å². The number of carbonyl (C=O) groups is 1. The highest BCUT2D eigenvalue weighted by atomic mass is 17.2. The maximum absolute atomic E-state index is 10.8. The second-order valence-corrected chi connectivity index (χ2v) is 3.09. The fraction of sp³-hybridized carbons (Fsp3) is 0.889. The molecule has 0 amide bonds. The number of hydrogen-bond donors (Lipinski definition) is 0. The van der Waals surface area contributed by atoms with E-state index >= 15 is 0 Å². The van der Waals surface area contributed by atoms with Crippen molar-refractivity contribution < 1.29 is 14.6 Å². The molecule has 0 aliphatic carbocycles. The zero-order valence-corrected chi connectivity index (χ0v) is 8.13. The summed E-state index contributed by atoms with van der Waals surface area (Å²) in [6.45, 7) is 6.17. The highest BCUT2D eigenvalue weighted by Crippen LogP contribution is 1.98. The number of hydrogen-bond acceptors (Lipinski definition) is 3. The van der Waals surface area contributed by atoms with Crippen LogP contribution in [0, 0.1) is 5.92 Å². The summed E-state index contributed by atoms with van der Waals surface area (Å²) in [7, 11) is 0. The Morgan fingerprint density at radius 3 is 2.50 bits per heavy atom. The average molecular weight is 174 g/mol. The molecule has 0 aliphatic heterocycles. The summed E-state index contributed by atoms with van der Waals surface area (Å²) in [6, 6.07) is 0. The lowest BCUT2D eigenvalue weighted by atomic mass is 10.2. The minimum absolute atomic E-state index is 0.115. The van der Waals surface area contributed by atoms with Gasteiger partial charge >= 0.3 is 5.97 Å². The molecule has 0 heterocycles. The Bertz CT molecular complexity index is 121. The van der Waals surface area contributed by atoms with Gasteiger partial charge in [-0.1, -0.05) is 33.6 Å². The summed E-state index contributed by atoms with van der Waals surface area (Å²) >= 11 is 0. The smallest absolute Gasteiger partial charge is 0.298 e. The first-order valence-electron chi connectivity index (χ1n) is 4.51. The molecule has 0 N–H and O–H groups in total. The molecule has 0 saturated heterocycles. The van der Waals surface area contributed by atoms with Gasteiger partial charge in [-0.2, -0.15) is 4.89 Å². The number of unbranched alkanes of at least 4 members (excludes halogenated alkanes) is 2. The fourth-order valence-electron chi connectivity index (χ4n) is 0.607. The topological polar surface area (TPSA) is 35.5 Å². The molecule has 0 aromatic carbocycles. The van der Waals surface area contributed by atoms with Gasteiger partial charge in [0.25, 0.3) is 0 Å². The van der Waals surface area contributed by atoms with Gasteiger partial charge < -0.3 is 0 Å². The second-order valence-electron chi connectivity index (χ2n) is 3.09. The molecule has 0 unspecified atom stereocenters. The highest BCUT2D eigenvalue weighted by Gasteiger charge is 2.08. The Kier molecular flexibility index (Phi) is 6.76. The largest absolute Gasteiger partial charge is 0.344 e. The molecule has 0 atom stereocenters. The highest BCUT2D eigenvalue weighted by molar-refractivity contribution is 5.70. The van der Waals surface area contributed by atoms with Crippen molar-refractivity contribution in [2.75, 3.05) is 6.61 Å². The zero-order chi connectivity index (χ0) is 9.40. The van der Waals surface area contributed by atoms with Crippen LogP contribution >= 0.6 is 0 Å². The van der Waals surface area contributed by atoms with Crippen LogP contribution in [-0.4, -0.2) is 12.6 Å². The van der Waals surface area contributed by atoms with Crippen molar-refractivity contribution in [1.29, 1.82) is 0 Å². The molecular weight excluding hydrogens is 156 g/mol. The predicted molar refractivity (Wildman–Crippen MR) is 46.4 cm³/mol. The molecule has 0 aliphatic rings. The molecule has 12 heavy (non-hydrogen) atoms. The first-order valence-corrected chi connectivity index (χ1v) is 4.51. The van der Waals surface area contributed by atoms with Gasteiger partial charge in [-0.3, -0.25) is 4.89 Å². The van der Waals surface area contributed by atoms with E-state index in [1.165, 1.54) is 0 Å². The second kappa shape index (κ2) is 7.10. The predicted octanol–water partition coefficient (Wildman–Crippen LogP) is 2.31. The molecule has 0 rings (SSSR count). The van der Waals surface area contributed by atoms with Crippen LogP contribution in [-0.2, 0) is 14.6 Å². The molecular formula is C9H18O3. The third-order valence-corrected chi connectivity index (χ3v) is 1.44. The van der Waals surface area contributed by atoms with E-state index in [2.05, 4.69) is 11.8 Å². The minimum atomic E-state index is -0.300. The standard InChI is InChI=1S/C9H18O3/c1-4-5-6-7-11-12-9(10)8(2)3/h8H,4-7H2,1-3H3. The van der Waals surface area contributed by atoms with Crippen molar-refractivity contribution in [2.24, 2.45) is 5.92 Å². The van der Waals surface area contributed by atoms with Gasteiger partial charge in [-0.25, -0.2) is 4.79 Å². The molecule has 3 heteroatoms. The van der Waals surface area contributed by atoms with Gasteiger partial charge in [0.05, 0.1) is 12.5 Å². The molecule has 0 bridgehead atoms. The van der Waals surface area contributed by atoms with Crippen molar-refractivity contribution in [1.82, 2.24) is 0 Å². The molecule has 0 aromatic heterocycles. The lowest BCUT2D eigenvalue weighted by Crippen LogP contribution is -2.12. The Balaban J connectivity index is 3.14. The Morgan fingerprint density at radius 2 is 2.00 bits per heavy atom. The quantitative estimate of drug-likeness (QED) is 0.352. The fourth-order valence-corrected chi connectivity index (χ4v) is 0.607. The first-order chi connectivity index (χ1) is 5.68. The van der Waals surface area contributed by atoms with E-state index in [4.69, 9.17) is 4.89 Å². The van der Waals surface area contributed by atoms with Gasteiger partial charge in [0.2, 0.25) is 0 Å². The summed E-state index contributed by atoms with van der Waals surface area (Å²) in [6.07, 6.45) is 3.20. The van der Waals surface area contributed by atoms with Crippen molar-refractivity contribution >= 4 is 5.97 Å². The van der Waals surface area contributed by atoms with Crippen LogP contribution in [0.1, 0.15) is 40.0 Å². The molecule has 0 spiro atoms. The normalized spacial score (nSPS) is 10.3. The van der Waals surface area contributed by atoms with Crippen LogP contribution in [0.2, 0.25) is 0 Å². The van der Waals surface area contributed by atoms with Gasteiger partial charge in [-0.15, -0.1) is 0 Å². The van der Waals surface area contributed by atoms with Crippen molar-refractivity contribution in [3.05, 3.63) is 0 Å². The lowest BCUT2D eigenvalue weighted by Gasteiger charge is -2.04. The van der Waals surface area contributed by atoms with E-state index in [9.17, 15) is 4.79 Å². The third kappa shape index (κ3) is 6.16. The van der Waals surface area contributed by atoms with Gasteiger partial charge in [0, 0.05) is 0 Å². The van der Waals surface area contributed by atoms with Crippen molar-refractivity contribution in [3.63, 3.8) is 0 Å². The molecule has 0 aromatic rings. The van der Waals surface area contributed by atoms with Gasteiger partial charge in [0.1, 0.15) is 0 Å². The lowest BCUT2D eigenvalue weighted by molar-refractivity contribution is -0.275. The van der Waals surface area contributed by atoms with Gasteiger partial charge in [-0.05, 0) is 6.42 Å². The molecule has 72 valence electrons. The van der Waals surface area contributed by atoms with E-state index < -0.39 is 0 Å². The maximum atomic E-state index is 10.8. The van der Waals surface area contributed by atoms with E-state index in [1.54, 1.807) is 13.8 Å². The summed E-state index contributed by atoms with van der Waals surface area (Å²) in [5.41, 5.74) is 0. The molecule has 0 fully saturated rings. The van der Waals surface area contributed by atoms with E-state index in [-0.39, 0.29) is 11.9 Å².